The molecule has 0 radical (unpaired) electrons. The maximum absolute atomic E-state index is 6.12. The fraction of sp³-hybridized carbons (Fsp3) is 0.200. The molecule has 27 heavy (non-hydrogen) atoms. The molecule has 2 N–H and O–H groups in total. The van der Waals surface area contributed by atoms with E-state index in [-0.39, 0.29) is 0 Å². The van der Waals surface area contributed by atoms with Crippen LogP contribution in [-0.2, 0) is 6.42 Å². The summed E-state index contributed by atoms with van der Waals surface area (Å²) in [5.41, 5.74) is 8.76. The monoisotopic (exact) mass is 443 g/mol. The van der Waals surface area contributed by atoms with Crippen LogP contribution in [-0.4, -0.2) is 29.4 Å². The third-order valence-electron chi connectivity index (χ3n) is 4.23. The number of aromatic nitrogens is 2. The Hall–Kier alpha value is -2.09. The predicted octanol–water partition coefficient (Wildman–Crippen LogP) is 4.66. The van der Waals surface area contributed by atoms with E-state index in [2.05, 4.69) is 22.0 Å². The van der Waals surface area contributed by atoms with Gasteiger partial charge in [-0.25, -0.2) is 4.98 Å². The first-order valence-corrected chi connectivity index (χ1v) is 10.3. The van der Waals surface area contributed by atoms with Crippen LogP contribution >= 0.6 is 27.7 Å². The van der Waals surface area contributed by atoms with Crippen molar-refractivity contribution in [1.29, 1.82) is 0 Å². The van der Waals surface area contributed by atoms with Gasteiger partial charge in [-0.2, -0.15) is 4.98 Å². The van der Waals surface area contributed by atoms with Crippen molar-refractivity contribution in [3.05, 3.63) is 58.1 Å². The second-order valence-corrected chi connectivity index (χ2v) is 8.03. The van der Waals surface area contributed by atoms with E-state index in [0.717, 1.165) is 49.9 Å². The van der Waals surface area contributed by atoms with Crippen molar-refractivity contribution in [2.75, 3.05) is 19.4 Å². The first-order chi connectivity index (χ1) is 13.2. The lowest BCUT2D eigenvalue weighted by Crippen LogP contribution is -2.10. The molecule has 3 aromatic rings. The number of fused-ring (bicyclic) bond motifs is 2. The first-order valence-electron chi connectivity index (χ1n) is 8.52. The van der Waals surface area contributed by atoms with Gasteiger partial charge >= 0.3 is 0 Å². The van der Waals surface area contributed by atoms with Gasteiger partial charge in [0.2, 0.25) is 5.88 Å². The molecular weight excluding hydrogens is 426 g/mol. The Morgan fingerprint density at radius 2 is 2.00 bits per heavy atom. The van der Waals surface area contributed by atoms with Crippen LogP contribution in [0.1, 0.15) is 11.1 Å². The zero-order chi connectivity index (χ0) is 18.8. The fourth-order valence-electron chi connectivity index (χ4n) is 2.90. The summed E-state index contributed by atoms with van der Waals surface area (Å²) in [7, 11) is 1.65. The maximum Gasteiger partial charge on any atom is 0.227 e. The molecule has 0 fully saturated rings. The average molecular weight is 444 g/mol. The number of rotatable bonds is 5. The van der Waals surface area contributed by atoms with Crippen molar-refractivity contribution in [2.45, 2.75) is 11.4 Å². The number of thioether (sulfide) groups is 1. The summed E-state index contributed by atoms with van der Waals surface area (Å²) in [6, 6.07) is 13.7. The molecule has 1 aromatic heterocycles. The van der Waals surface area contributed by atoms with Crippen LogP contribution in [0.5, 0.6) is 17.4 Å². The van der Waals surface area contributed by atoms with Crippen LogP contribution in [0, 0.1) is 0 Å². The van der Waals surface area contributed by atoms with Gasteiger partial charge in [0.05, 0.1) is 12.7 Å². The van der Waals surface area contributed by atoms with Gasteiger partial charge in [0.15, 0.2) is 5.82 Å². The molecule has 0 unspecified atom stereocenters. The predicted molar refractivity (Wildman–Crippen MR) is 111 cm³/mol. The summed E-state index contributed by atoms with van der Waals surface area (Å²) in [6.45, 7) is 0.588. The van der Waals surface area contributed by atoms with Gasteiger partial charge in [0.25, 0.3) is 0 Å². The molecule has 1 aliphatic rings. The van der Waals surface area contributed by atoms with Crippen molar-refractivity contribution in [3.63, 3.8) is 0 Å². The number of ether oxygens (including phenoxy) is 2. The molecule has 1 aliphatic heterocycles. The second-order valence-electron chi connectivity index (χ2n) is 6.03. The molecule has 4 rings (SSSR count). The van der Waals surface area contributed by atoms with Gasteiger partial charge in [0.1, 0.15) is 16.5 Å². The van der Waals surface area contributed by atoms with Crippen molar-refractivity contribution < 1.29 is 9.47 Å². The fourth-order valence-corrected chi connectivity index (χ4v) is 4.11. The van der Waals surface area contributed by atoms with E-state index in [1.54, 1.807) is 18.9 Å². The zero-order valence-corrected chi connectivity index (χ0v) is 17.1. The Labute approximate surface area is 170 Å². The Bertz CT molecular complexity index is 980. The minimum absolute atomic E-state index is 0.588. The molecule has 5 nitrogen and oxygen atoms in total. The lowest BCUT2D eigenvalue weighted by Gasteiger charge is -2.22. The van der Waals surface area contributed by atoms with Crippen LogP contribution in [0.15, 0.2) is 52.0 Å². The van der Waals surface area contributed by atoms with Crippen LogP contribution in [0.3, 0.4) is 0 Å². The van der Waals surface area contributed by atoms with Crippen molar-refractivity contribution in [1.82, 2.24) is 9.97 Å². The van der Waals surface area contributed by atoms with E-state index in [1.165, 1.54) is 0 Å². The quantitative estimate of drug-likeness (QED) is 0.357. The highest BCUT2D eigenvalue weighted by atomic mass is 79.9. The lowest BCUT2D eigenvalue weighted by atomic mass is 10.0. The third-order valence-corrected chi connectivity index (χ3v) is 5.78. The minimum atomic E-state index is 0.588. The number of hydrogen-bond acceptors (Lipinski definition) is 6. The molecule has 0 atom stereocenters. The average Bonchev–Trinajstić information content (AvgIpc) is 2.70. The Morgan fingerprint density at radius 3 is 2.74 bits per heavy atom. The summed E-state index contributed by atoms with van der Waals surface area (Å²) in [4.78, 5) is 9.51. The highest BCUT2D eigenvalue weighted by Gasteiger charge is 2.24. The SMILES string of the molecule is COc1ccc(-c2nc3c(c(SCCN)n2)Cc2cc(Br)ccc2O3)cc1. The Kier molecular flexibility index (Phi) is 5.33. The maximum atomic E-state index is 6.12. The number of hydrogen-bond donors (Lipinski definition) is 1. The van der Waals surface area contributed by atoms with Gasteiger partial charge in [-0.15, -0.1) is 11.8 Å². The van der Waals surface area contributed by atoms with Gasteiger partial charge in [-0.3, -0.25) is 0 Å². The summed E-state index contributed by atoms with van der Waals surface area (Å²) in [5.74, 6) is 3.67. The second kappa shape index (κ2) is 7.88. The number of methoxy groups -OCH3 is 1. The molecular formula is C20H18BrN3O2S. The molecule has 0 amide bonds. The summed E-state index contributed by atoms with van der Waals surface area (Å²) in [5, 5.41) is 0.918. The van der Waals surface area contributed by atoms with Crippen LogP contribution < -0.4 is 15.2 Å². The molecule has 0 saturated heterocycles. The Morgan fingerprint density at radius 1 is 1.19 bits per heavy atom. The van der Waals surface area contributed by atoms with E-state index in [9.17, 15) is 0 Å². The van der Waals surface area contributed by atoms with E-state index in [1.807, 2.05) is 36.4 Å². The Balaban J connectivity index is 1.77. The van der Waals surface area contributed by atoms with E-state index < -0.39 is 0 Å². The summed E-state index contributed by atoms with van der Waals surface area (Å²) >= 11 is 5.16. The van der Waals surface area contributed by atoms with E-state index in [4.69, 9.17) is 25.2 Å². The largest absolute Gasteiger partial charge is 0.497 e. The smallest absolute Gasteiger partial charge is 0.227 e. The van der Waals surface area contributed by atoms with Gasteiger partial charge < -0.3 is 15.2 Å². The molecule has 2 aromatic carbocycles. The standard InChI is InChI=1S/C20H18BrN3O2S/c1-25-15-5-2-12(3-6-15)18-23-19-16(20(24-18)27-9-8-22)11-13-10-14(21)4-7-17(13)26-19/h2-7,10H,8-9,11,22H2,1H3. The van der Waals surface area contributed by atoms with Crippen molar-refractivity contribution in [2.24, 2.45) is 5.73 Å². The molecule has 2 heterocycles. The highest BCUT2D eigenvalue weighted by molar-refractivity contribution is 9.10. The van der Waals surface area contributed by atoms with Gasteiger partial charge in [-0.1, -0.05) is 15.9 Å². The topological polar surface area (TPSA) is 70.3 Å². The minimum Gasteiger partial charge on any atom is -0.497 e. The molecule has 0 aliphatic carbocycles. The lowest BCUT2D eigenvalue weighted by molar-refractivity contribution is 0.415. The highest BCUT2D eigenvalue weighted by Crippen LogP contribution is 2.41. The molecule has 0 saturated carbocycles. The molecule has 0 bridgehead atoms. The summed E-state index contributed by atoms with van der Waals surface area (Å²) < 4.78 is 12.4. The van der Waals surface area contributed by atoms with Crippen molar-refractivity contribution >= 4 is 27.7 Å². The van der Waals surface area contributed by atoms with Crippen molar-refractivity contribution in [3.8, 4) is 28.8 Å². The molecule has 7 heteroatoms. The van der Waals surface area contributed by atoms with E-state index in [0.29, 0.717) is 18.2 Å². The van der Waals surface area contributed by atoms with Crippen LogP contribution in [0.25, 0.3) is 11.4 Å². The van der Waals surface area contributed by atoms with Gasteiger partial charge in [0, 0.05) is 34.3 Å². The number of benzene rings is 2. The van der Waals surface area contributed by atoms with Crippen LogP contribution in [0.2, 0.25) is 0 Å². The number of halogens is 1. The normalized spacial score (nSPS) is 12.1. The van der Waals surface area contributed by atoms with Gasteiger partial charge in [-0.05, 0) is 42.5 Å². The number of nitrogens with two attached hydrogens (primary N) is 1. The molecule has 0 spiro atoms. The van der Waals surface area contributed by atoms with E-state index >= 15 is 0 Å². The number of nitrogens with zero attached hydrogens (tertiary/aromatic N) is 2. The molecule has 138 valence electrons. The van der Waals surface area contributed by atoms with Crippen LogP contribution in [0.4, 0.5) is 0 Å². The zero-order valence-electron chi connectivity index (χ0n) is 14.7. The third kappa shape index (κ3) is 3.81. The first kappa shape index (κ1) is 18.3. The summed E-state index contributed by atoms with van der Waals surface area (Å²) in [6.07, 6.45) is 0.736.